The van der Waals surface area contributed by atoms with Gasteiger partial charge < -0.3 is 19.6 Å². The summed E-state index contributed by atoms with van der Waals surface area (Å²) in [6, 6.07) is 4.97. The van der Waals surface area contributed by atoms with E-state index in [1.807, 2.05) is 24.8 Å². The normalized spacial score (nSPS) is 16.5. The summed E-state index contributed by atoms with van der Waals surface area (Å²) in [6.45, 7) is 5.50. The molecule has 2 N–H and O–H groups in total. The fourth-order valence-electron chi connectivity index (χ4n) is 5.22. The predicted molar refractivity (Wildman–Crippen MR) is 139 cm³/mol. The van der Waals surface area contributed by atoms with Crippen LogP contribution in [-0.2, 0) is 26.0 Å². The lowest BCUT2D eigenvalue weighted by atomic mass is 9.82. The minimum absolute atomic E-state index is 0.123. The number of carbonyl (C=O) groups excluding carboxylic acids is 1. The number of rotatable bonds is 10. The molecule has 0 saturated heterocycles. The molecular weight excluding hydrogens is 487 g/mol. The maximum atomic E-state index is 15.1. The summed E-state index contributed by atoms with van der Waals surface area (Å²) in [4.78, 5) is 23.1. The van der Waals surface area contributed by atoms with Crippen molar-refractivity contribution in [1.82, 2.24) is 20.2 Å². The van der Waals surface area contributed by atoms with Gasteiger partial charge in [-0.25, -0.2) is 9.37 Å². The lowest BCUT2D eigenvalue weighted by Crippen LogP contribution is -2.42. The molecule has 8 nitrogen and oxygen atoms in total. The molecule has 9 heteroatoms. The molecule has 0 spiro atoms. The topological polar surface area (TPSA) is 101 Å². The van der Waals surface area contributed by atoms with Gasteiger partial charge in [-0.3, -0.25) is 14.7 Å². The minimum atomic E-state index is -0.770. The Kier molecular flexibility index (Phi) is 8.04. The van der Waals surface area contributed by atoms with Crippen molar-refractivity contribution in [2.45, 2.75) is 65.2 Å². The quantitative estimate of drug-likeness (QED) is 0.417. The number of benzene rings is 1. The molecule has 202 valence electrons. The number of nitrogens with zero attached hydrogens (tertiary/aromatic N) is 3. The van der Waals surface area contributed by atoms with Crippen molar-refractivity contribution in [1.29, 1.82) is 0 Å². The van der Waals surface area contributed by atoms with Crippen molar-refractivity contribution in [2.75, 3.05) is 19.6 Å². The first kappa shape index (κ1) is 26.3. The van der Waals surface area contributed by atoms with E-state index in [1.165, 1.54) is 31.7 Å². The lowest BCUT2D eigenvalue weighted by molar-refractivity contribution is 0.0839. The third-order valence-corrected chi connectivity index (χ3v) is 7.76. The predicted octanol–water partition coefficient (Wildman–Crippen LogP) is 3.90. The molecule has 0 unspecified atom stereocenters. The molecule has 3 aromatic rings. The molecule has 1 aromatic carbocycles. The van der Waals surface area contributed by atoms with E-state index in [-0.39, 0.29) is 24.9 Å². The maximum absolute atomic E-state index is 15.1. The van der Waals surface area contributed by atoms with Crippen molar-refractivity contribution >= 4 is 5.91 Å². The van der Waals surface area contributed by atoms with Gasteiger partial charge in [0, 0.05) is 55.3 Å². The second-order valence-electron chi connectivity index (χ2n) is 10.5. The van der Waals surface area contributed by atoms with E-state index in [4.69, 9.17) is 9.15 Å². The zero-order valence-corrected chi connectivity index (χ0v) is 22.0. The fraction of sp³-hybridized carbons (Fsp3) is 0.483. The summed E-state index contributed by atoms with van der Waals surface area (Å²) in [5.41, 5.74) is 4.74. The number of hydrogen-bond donors (Lipinski definition) is 2. The average Bonchev–Trinajstić information content (AvgIpc) is 3.30. The molecule has 2 aromatic heterocycles. The number of halogens is 1. The average molecular weight is 523 g/mol. The maximum Gasteiger partial charge on any atom is 0.251 e. The fourth-order valence-corrected chi connectivity index (χ4v) is 5.22. The summed E-state index contributed by atoms with van der Waals surface area (Å²) < 4.78 is 26.3. The second kappa shape index (κ2) is 11.6. The van der Waals surface area contributed by atoms with Crippen LogP contribution in [0, 0.1) is 25.6 Å². The molecule has 5 rings (SSSR count). The van der Waals surface area contributed by atoms with Gasteiger partial charge in [0.15, 0.2) is 12.2 Å². The Morgan fingerprint density at radius 1 is 1.29 bits per heavy atom. The molecule has 38 heavy (non-hydrogen) atoms. The minimum Gasteiger partial charge on any atom is -0.485 e. The van der Waals surface area contributed by atoms with Crippen LogP contribution in [0.3, 0.4) is 0 Å². The van der Waals surface area contributed by atoms with Gasteiger partial charge in [-0.05, 0) is 55.9 Å². The summed E-state index contributed by atoms with van der Waals surface area (Å²) in [7, 11) is 0. The van der Waals surface area contributed by atoms with Crippen LogP contribution >= 0.6 is 0 Å². The molecule has 1 aliphatic carbocycles. The van der Waals surface area contributed by atoms with Crippen LogP contribution in [-0.4, -0.2) is 51.6 Å². The molecule has 2 aliphatic rings. The molecule has 1 amide bonds. The Morgan fingerprint density at radius 3 is 2.87 bits per heavy atom. The van der Waals surface area contributed by atoms with Gasteiger partial charge in [-0.2, -0.15) is 0 Å². The molecular formula is C29H35FN4O4. The standard InChI is InChI=1S/C29H35FN4O4/c1-18-24-7-9-34(15-25(24)26(30)12-27(18)37-16-28-19(2)33-17-38-28)14-23(35)13-32-29(36)21-6-8-31-22(11-21)10-20-4-3-5-20/h6,8,11-12,17,20,23,35H,3-5,7,9-10,13-16H2,1-2H3,(H,32,36)/t23-/m0/s1. The molecule has 1 atom stereocenters. The van der Waals surface area contributed by atoms with Gasteiger partial charge in [0.25, 0.3) is 5.91 Å². The number of hydrogen-bond acceptors (Lipinski definition) is 7. The molecule has 1 aliphatic heterocycles. The van der Waals surface area contributed by atoms with Crippen molar-refractivity contribution in [3.63, 3.8) is 0 Å². The van der Waals surface area contributed by atoms with Crippen LogP contribution in [0.1, 0.15) is 63.5 Å². The van der Waals surface area contributed by atoms with Crippen molar-refractivity contribution in [3.05, 3.63) is 76.0 Å². The Hall–Kier alpha value is -3.30. The van der Waals surface area contributed by atoms with Crippen LogP contribution in [0.2, 0.25) is 0 Å². The molecule has 0 bridgehead atoms. The summed E-state index contributed by atoms with van der Waals surface area (Å²) >= 11 is 0. The number of ether oxygens (including phenoxy) is 1. The van der Waals surface area contributed by atoms with Gasteiger partial charge in [0.05, 0.1) is 11.8 Å². The van der Waals surface area contributed by atoms with Gasteiger partial charge >= 0.3 is 0 Å². The Morgan fingerprint density at radius 2 is 2.13 bits per heavy atom. The summed E-state index contributed by atoms with van der Waals surface area (Å²) in [5, 5.41) is 13.4. The van der Waals surface area contributed by atoms with E-state index < -0.39 is 6.10 Å². The van der Waals surface area contributed by atoms with Crippen LogP contribution in [0.15, 0.2) is 35.2 Å². The number of aliphatic hydroxyl groups is 1. The number of β-amino-alcohol motifs (C(OH)–C–C–N with tert-alkyl or cyclic N) is 1. The molecule has 1 fully saturated rings. The first-order chi connectivity index (χ1) is 18.4. The molecule has 1 saturated carbocycles. The summed E-state index contributed by atoms with van der Waals surface area (Å²) in [6.07, 6.45) is 7.56. The third kappa shape index (κ3) is 6.05. The SMILES string of the molecule is Cc1ncoc1COc1cc(F)c2c(c1C)CCN(C[C@@H](O)CNC(=O)c1ccnc(CC3CCC3)c1)C2. The van der Waals surface area contributed by atoms with E-state index in [0.29, 0.717) is 54.6 Å². The monoisotopic (exact) mass is 522 g/mol. The Labute approximate surface area is 222 Å². The molecule has 3 heterocycles. The number of aliphatic hydroxyl groups excluding tert-OH is 1. The zero-order chi connectivity index (χ0) is 26.6. The van der Waals surface area contributed by atoms with Crippen molar-refractivity contribution < 1.29 is 23.4 Å². The molecule has 0 radical (unpaired) electrons. The Balaban J connectivity index is 1.13. The second-order valence-corrected chi connectivity index (χ2v) is 10.5. The van der Waals surface area contributed by atoms with Crippen molar-refractivity contribution in [3.8, 4) is 5.75 Å². The zero-order valence-electron chi connectivity index (χ0n) is 22.0. The third-order valence-electron chi connectivity index (χ3n) is 7.76. The number of oxazole rings is 1. The van der Waals surface area contributed by atoms with E-state index >= 15 is 4.39 Å². The number of carbonyl (C=O) groups is 1. The summed E-state index contributed by atoms with van der Waals surface area (Å²) in [5.74, 6) is 1.25. The largest absolute Gasteiger partial charge is 0.485 e. The van der Waals surface area contributed by atoms with E-state index in [9.17, 15) is 9.90 Å². The van der Waals surface area contributed by atoms with Crippen LogP contribution in [0.5, 0.6) is 5.75 Å². The van der Waals surface area contributed by atoms with Crippen LogP contribution in [0.4, 0.5) is 4.39 Å². The van der Waals surface area contributed by atoms with Crippen LogP contribution < -0.4 is 10.1 Å². The van der Waals surface area contributed by atoms with Crippen LogP contribution in [0.25, 0.3) is 0 Å². The first-order valence-corrected chi connectivity index (χ1v) is 13.3. The number of nitrogens with one attached hydrogen (secondary N) is 1. The first-order valence-electron chi connectivity index (χ1n) is 13.3. The number of pyridine rings is 1. The van der Waals surface area contributed by atoms with Gasteiger partial charge in [0.1, 0.15) is 18.2 Å². The van der Waals surface area contributed by atoms with Crippen molar-refractivity contribution in [2.24, 2.45) is 5.92 Å². The van der Waals surface area contributed by atoms with E-state index in [1.54, 1.807) is 12.3 Å². The van der Waals surface area contributed by atoms with E-state index in [0.717, 1.165) is 28.9 Å². The Bertz CT molecular complexity index is 1290. The van der Waals surface area contributed by atoms with E-state index in [2.05, 4.69) is 15.3 Å². The lowest BCUT2D eigenvalue weighted by Gasteiger charge is -2.32. The van der Waals surface area contributed by atoms with Gasteiger partial charge in [-0.15, -0.1) is 0 Å². The highest BCUT2D eigenvalue weighted by Gasteiger charge is 2.25. The van der Waals surface area contributed by atoms with Gasteiger partial charge in [0.2, 0.25) is 0 Å². The highest BCUT2D eigenvalue weighted by Crippen LogP contribution is 2.32. The number of fused-ring (bicyclic) bond motifs is 1. The highest BCUT2D eigenvalue weighted by atomic mass is 19.1. The number of amides is 1. The number of aryl methyl sites for hydroxylation is 1. The highest BCUT2D eigenvalue weighted by molar-refractivity contribution is 5.94. The van der Waals surface area contributed by atoms with Gasteiger partial charge in [-0.1, -0.05) is 19.3 Å². The smallest absolute Gasteiger partial charge is 0.251 e. The number of aromatic nitrogens is 2.